The van der Waals surface area contributed by atoms with E-state index in [0.717, 1.165) is 12.1 Å². The standard InChI is InChI=1S/C23H22ClF3N6O3/c1-11(12-4-13(23(25,26)27)6-14(28)5-12)30-20-15-9-33(10-17(15)31-22(24)32-20)21(34)16-7-18(35-2)19(36-3)8-29-16/h4-8,11H,9-10,28H2,1-3H3,(H,30,31,32)/t11-/m1/s1. The van der Waals surface area contributed by atoms with Crippen molar-refractivity contribution >= 4 is 29.0 Å². The quantitative estimate of drug-likeness (QED) is 0.360. The number of nitrogens with zero attached hydrogens (tertiary/aromatic N) is 4. The van der Waals surface area contributed by atoms with E-state index in [0.29, 0.717) is 34.1 Å². The Bertz CT molecular complexity index is 1320. The number of methoxy groups -OCH3 is 2. The number of nitrogens with one attached hydrogen (secondary N) is 1. The second kappa shape index (κ2) is 9.69. The Morgan fingerprint density at radius 3 is 2.53 bits per heavy atom. The zero-order valence-electron chi connectivity index (χ0n) is 19.5. The second-order valence-corrected chi connectivity index (χ2v) is 8.44. The monoisotopic (exact) mass is 522 g/mol. The molecular weight excluding hydrogens is 501 g/mol. The summed E-state index contributed by atoms with van der Waals surface area (Å²) in [6, 6.07) is 4.22. The number of fused-ring (bicyclic) bond motifs is 1. The third-order valence-electron chi connectivity index (χ3n) is 5.69. The number of benzene rings is 1. The van der Waals surface area contributed by atoms with Crippen LogP contribution in [0.2, 0.25) is 5.28 Å². The fraction of sp³-hybridized carbons (Fsp3) is 0.304. The van der Waals surface area contributed by atoms with E-state index in [1.54, 1.807) is 6.92 Å². The van der Waals surface area contributed by atoms with Gasteiger partial charge in [0.25, 0.3) is 5.91 Å². The van der Waals surface area contributed by atoms with Gasteiger partial charge in [-0.05, 0) is 42.3 Å². The largest absolute Gasteiger partial charge is 0.493 e. The number of rotatable bonds is 6. The number of nitrogen functional groups attached to an aromatic ring is 1. The molecule has 9 nitrogen and oxygen atoms in total. The van der Waals surface area contributed by atoms with Gasteiger partial charge in [-0.3, -0.25) is 4.79 Å². The molecule has 0 aliphatic carbocycles. The second-order valence-electron chi connectivity index (χ2n) is 8.10. The molecule has 0 bridgehead atoms. The van der Waals surface area contributed by atoms with Crippen molar-refractivity contribution in [1.82, 2.24) is 19.9 Å². The predicted octanol–water partition coefficient (Wildman–Crippen LogP) is 4.47. The number of hydrogen-bond donors (Lipinski definition) is 2. The van der Waals surface area contributed by atoms with Gasteiger partial charge in [0.05, 0.1) is 50.8 Å². The van der Waals surface area contributed by atoms with E-state index in [1.807, 2.05) is 0 Å². The molecule has 0 radical (unpaired) electrons. The first kappa shape index (κ1) is 25.3. The fourth-order valence-corrected chi connectivity index (χ4v) is 4.07. The molecule has 0 spiro atoms. The molecule has 3 N–H and O–H groups in total. The highest BCUT2D eigenvalue weighted by atomic mass is 35.5. The molecule has 36 heavy (non-hydrogen) atoms. The van der Waals surface area contributed by atoms with Crippen LogP contribution in [0.4, 0.5) is 24.7 Å². The number of pyridine rings is 1. The van der Waals surface area contributed by atoms with E-state index in [2.05, 4.69) is 20.3 Å². The maximum Gasteiger partial charge on any atom is 0.416 e. The van der Waals surface area contributed by atoms with Crippen molar-refractivity contribution < 1.29 is 27.4 Å². The maximum atomic E-state index is 13.2. The van der Waals surface area contributed by atoms with Gasteiger partial charge in [-0.1, -0.05) is 0 Å². The molecule has 1 aliphatic heterocycles. The smallest absolute Gasteiger partial charge is 0.416 e. The molecule has 13 heteroatoms. The summed E-state index contributed by atoms with van der Waals surface area (Å²) in [5, 5.41) is 3.02. The molecule has 1 amide bonds. The normalized spacial score (nSPS) is 13.8. The third kappa shape index (κ3) is 5.08. The van der Waals surface area contributed by atoms with Crippen molar-refractivity contribution in [3.8, 4) is 11.5 Å². The third-order valence-corrected chi connectivity index (χ3v) is 5.86. The average molecular weight is 523 g/mol. The van der Waals surface area contributed by atoms with Crippen LogP contribution in [0.1, 0.15) is 45.8 Å². The minimum Gasteiger partial charge on any atom is -0.493 e. The van der Waals surface area contributed by atoms with Gasteiger partial charge in [0.2, 0.25) is 5.28 Å². The lowest BCUT2D eigenvalue weighted by Gasteiger charge is -2.19. The van der Waals surface area contributed by atoms with Crippen LogP contribution < -0.4 is 20.5 Å². The Balaban J connectivity index is 1.59. The first-order chi connectivity index (χ1) is 17.0. The lowest BCUT2D eigenvalue weighted by atomic mass is 10.0. The molecule has 3 aromatic rings. The lowest BCUT2D eigenvalue weighted by molar-refractivity contribution is -0.137. The topological polar surface area (TPSA) is 115 Å². The van der Waals surface area contributed by atoms with Gasteiger partial charge in [0.1, 0.15) is 11.5 Å². The van der Waals surface area contributed by atoms with Crippen molar-refractivity contribution in [1.29, 1.82) is 0 Å². The minimum atomic E-state index is -4.54. The number of hydrogen-bond acceptors (Lipinski definition) is 8. The molecule has 1 aliphatic rings. The van der Waals surface area contributed by atoms with Gasteiger partial charge >= 0.3 is 6.18 Å². The van der Waals surface area contributed by atoms with Crippen LogP contribution in [-0.4, -0.2) is 40.0 Å². The Morgan fingerprint density at radius 1 is 1.14 bits per heavy atom. The highest BCUT2D eigenvalue weighted by molar-refractivity contribution is 6.28. The summed E-state index contributed by atoms with van der Waals surface area (Å²) in [5.41, 5.74) is 6.41. The Hall–Kier alpha value is -3.80. The van der Waals surface area contributed by atoms with E-state index in [1.165, 1.54) is 37.4 Å². The number of amides is 1. The van der Waals surface area contributed by atoms with Gasteiger partial charge in [-0.15, -0.1) is 0 Å². The molecule has 190 valence electrons. The summed E-state index contributed by atoms with van der Waals surface area (Å²) >= 11 is 6.11. The van der Waals surface area contributed by atoms with Gasteiger partial charge in [-0.25, -0.2) is 15.0 Å². The van der Waals surface area contributed by atoms with E-state index in [-0.39, 0.29) is 35.7 Å². The number of carbonyl (C=O) groups excluding carboxylic acids is 1. The van der Waals surface area contributed by atoms with Gasteiger partial charge in [-0.2, -0.15) is 13.2 Å². The number of halogens is 4. The number of anilines is 2. The van der Waals surface area contributed by atoms with Crippen LogP contribution in [-0.2, 0) is 19.3 Å². The molecule has 0 saturated carbocycles. The molecule has 0 fully saturated rings. The van der Waals surface area contributed by atoms with Crippen molar-refractivity contribution in [3.63, 3.8) is 0 Å². The molecule has 0 saturated heterocycles. The zero-order valence-corrected chi connectivity index (χ0v) is 20.2. The Morgan fingerprint density at radius 2 is 1.86 bits per heavy atom. The average Bonchev–Trinajstić information content (AvgIpc) is 3.26. The highest BCUT2D eigenvalue weighted by Gasteiger charge is 2.33. The Kier molecular flexibility index (Phi) is 6.81. The summed E-state index contributed by atoms with van der Waals surface area (Å²) in [6.45, 7) is 1.95. The number of aromatic nitrogens is 3. The van der Waals surface area contributed by atoms with Crippen LogP contribution in [0.3, 0.4) is 0 Å². The fourth-order valence-electron chi connectivity index (χ4n) is 3.88. The summed E-state index contributed by atoms with van der Waals surface area (Å²) in [5.74, 6) is 0.665. The molecular formula is C23H22ClF3N6O3. The van der Waals surface area contributed by atoms with Crippen LogP contribution in [0.15, 0.2) is 30.5 Å². The highest BCUT2D eigenvalue weighted by Crippen LogP contribution is 2.35. The maximum absolute atomic E-state index is 13.2. The van der Waals surface area contributed by atoms with E-state index >= 15 is 0 Å². The zero-order chi connectivity index (χ0) is 26.2. The first-order valence-electron chi connectivity index (χ1n) is 10.7. The molecule has 3 heterocycles. The summed E-state index contributed by atoms with van der Waals surface area (Å²) in [6.07, 6.45) is -3.15. The van der Waals surface area contributed by atoms with Gasteiger partial charge < -0.3 is 25.4 Å². The summed E-state index contributed by atoms with van der Waals surface area (Å²) in [7, 11) is 2.91. The van der Waals surface area contributed by atoms with Crippen LogP contribution in [0.25, 0.3) is 0 Å². The molecule has 1 atom stereocenters. The lowest BCUT2D eigenvalue weighted by Crippen LogP contribution is -2.26. The van der Waals surface area contributed by atoms with Crippen molar-refractivity contribution in [2.75, 3.05) is 25.3 Å². The summed E-state index contributed by atoms with van der Waals surface area (Å²) < 4.78 is 50.1. The van der Waals surface area contributed by atoms with Crippen LogP contribution in [0, 0.1) is 0 Å². The molecule has 2 aromatic heterocycles. The van der Waals surface area contributed by atoms with Gasteiger partial charge in [0, 0.05) is 17.3 Å². The predicted molar refractivity (Wildman–Crippen MR) is 126 cm³/mol. The first-order valence-corrected chi connectivity index (χ1v) is 11.0. The van der Waals surface area contributed by atoms with E-state index in [4.69, 9.17) is 26.8 Å². The number of alkyl halides is 3. The number of carbonyl (C=O) groups is 1. The Labute approximate surface area is 209 Å². The number of nitrogens with two attached hydrogens (primary N) is 1. The minimum absolute atomic E-state index is 0.0152. The van der Waals surface area contributed by atoms with Gasteiger partial charge in [0.15, 0.2) is 11.5 Å². The summed E-state index contributed by atoms with van der Waals surface area (Å²) in [4.78, 5) is 27.2. The molecule has 1 aromatic carbocycles. The van der Waals surface area contributed by atoms with Crippen molar-refractivity contribution in [2.45, 2.75) is 32.2 Å². The molecule has 0 unspecified atom stereocenters. The number of ether oxygens (including phenoxy) is 2. The van der Waals surface area contributed by atoms with Crippen LogP contribution in [0.5, 0.6) is 11.5 Å². The SMILES string of the molecule is COc1cnc(C(=O)N2Cc3nc(Cl)nc(N[C@H](C)c4cc(N)cc(C(F)(F)F)c4)c3C2)cc1OC. The van der Waals surface area contributed by atoms with Crippen LogP contribution >= 0.6 is 11.6 Å². The van der Waals surface area contributed by atoms with E-state index in [9.17, 15) is 18.0 Å². The van der Waals surface area contributed by atoms with E-state index < -0.39 is 17.8 Å². The molecule has 4 rings (SSSR count). The van der Waals surface area contributed by atoms with Crippen molar-refractivity contribution in [2.24, 2.45) is 0 Å². The van der Waals surface area contributed by atoms with Crippen molar-refractivity contribution in [3.05, 3.63) is 63.8 Å².